The predicted molar refractivity (Wildman–Crippen MR) is 97.4 cm³/mol. The van der Waals surface area contributed by atoms with Gasteiger partial charge >= 0.3 is 0 Å². The number of carbonyl (C=O) groups is 1. The van der Waals surface area contributed by atoms with Gasteiger partial charge < -0.3 is 19.5 Å². The van der Waals surface area contributed by atoms with Crippen LogP contribution >= 0.6 is 0 Å². The summed E-state index contributed by atoms with van der Waals surface area (Å²) in [4.78, 5) is 12.8. The van der Waals surface area contributed by atoms with Crippen molar-refractivity contribution in [2.24, 2.45) is 0 Å². The van der Waals surface area contributed by atoms with Crippen LogP contribution in [0, 0.1) is 0 Å². The SMILES string of the molecule is COc1ccc(CNC(=O)C(C)(C)c2ccccc2OC)cc1OC. The van der Waals surface area contributed by atoms with Gasteiger partial charge in [0.15, 0.2) is 11.5 Å². The lowest BCUT2D eigenvalue weighted by Gasteiger charge is -2.26. The highest BCUT2D eigenvalue weighted by molar-refractivity contribution is 5.88. The van der Waals surface area contributed by atoms with Crippen LogP contribution in [0.25, 0.3) is 0 Å². The van der Waals surface area contributed by atoms with Crippen molar-refractivity contribution in [3.63, 3.8) is 0 Å². The minimum Gasteiger partial charge on any atom is -0.496 e. The maximum atomic E-state index is 12.8. The molecule has 0 unspecified atom stereocenters. The number of carbonyl (C=O) groups excluding carboxylic acids is 1. The lowest BCUT2D eigenvalue weighted by Crippen LogP contribution is -2.39. The molecule has 0 aromatic heterocycles. The van der Waals surface area contributed by atoms with Gasteiger partial charge in [-0.2, -0.15) is 0 Å². The summed E-state index contributed by atoms with van der Waals surface area (Å²) in [5.74, 6) is 1.92. The summed E-state index contributed by atoms with van der Waals surface area (Å²) in [5, 5.41) is 2.99. The van der Waals surface area contributed by atoms with Gasteiger partial charge in [-0.25, -0.2) is 0 Å². The molecule has 0 radical (unpaired) electrons. The molecule has 25 heavy (non-hydrogen) atoms. The van der Waals surface area contributed by atoms with Crippen LogP contribution in [-0.4, -0.2) is 27.2 Å². The fourth-order valence-corrected chi connectivity index (χ4v) is 2.68. The highest BCUT2D eigenvalue weighted by atomic mass is 16.5. The Kier molecular flexibility index (Phi) is 5.91. The summed E-state index contributed by atoms with van der Waals surface area (Å²) in [7, 11) is 4.79. The van der Waals surface area contributed by atoms with Crippen LogP contribution in [0.5, 0.6) is 17.2 Å². The molecule has 2 rings (SSSR count). The maximum Gasteiger partial charge on any atom is 0.230 e. The number of methoxy groups -OCH3 is 3. The fourth-order valence-electron chi connectivity index (χ4n) is 2.68. The lowest BCUT2D eigenvalue weighted by molar-refractivity contribution is -0.125. The number of hydrogen-bond acceptors (Lipinski definition) is 4. The van der Waals surface area contributed by atoms with Crippen molar-refractivity contribution in [1.82, 2.24) is 5.32 Å². The van der Waals surface area contributed by atoms with Gasteiger partial charge in [-0.3, -0.25) is 4.79 Å². The standard InChI is InChI=1S/C20H25NO4/c1-20(2,15-8-6-7-9-16(15)23-3)19(22)21-13-14-10-11-17(24-4)18(12-14)25-5/h6-12H,13H2,1-5H3,(H,21,22). The van der Waals surface area contributed by atoms with Crippen LogP contribution in [-0.2, 0) is 16.8 Å². The van der Waals surface area contributed by atoms with Crippen molar-refractivity contribution < 1.29 is 19.0 Å². The Hall–Kier alpha value is -2.69. The maximum absolute atomic E-state index is 12.8. The second-order valence-corrected chi connectivity index (χ2v) is 6.20. The van der Waals surface area contributed by atoms with Gasteiger partial charge in [0, 0.05) is 12.1 Å². The zero-order valence-electron chi connectivity index (χ0n) is 15.4. The van der Waals surface area contributed by atoms with Crippen molar-refractivity contribution >= 4 is 5.91 Å². The van der Waals surface area contributed by atoms with E-state index in [0.29, 0.717) is 23.8 Å². The summed E-state index contributed by atoms with van der Waals surface area (Å²) >= 11 is 0. The minimum absolute atomic E-state index is 0.0771. The van der Waals surface area contributed by atoms with E-state index in [1.165, 1.54) is 0 Å². The van der Waals surface area contributed by atoms with Crippen LogP contribution in [0.1, 0.15) is 25.0 Å². The molecule has 0 bridgehead atoms. The summed E-state index contributed by atoms with van der Waals surface area (Å²) in [5.41, 5.74) is 1.06. The van der Waals surface area contributed by atoms with Crippen LogP contribution in [0.2, 0.25) is 0 Å². The average molecular weight is 343 g/mol. The van der Waals surface area contributed by atoms with E-state index in [1.807, 2.05) is 56.3 Å². The van der Waals surface area contributed by atoms with Gasteiger partial charge in [0.25, 0.3) is 0 Å². The summed E-state index contributed by atoms with van der Waals surface area (Å²) < 4.78 is 15.9. The van der Waals surface area contributed by atoms with Gasteiger partial charge in [0.1, 0.15) is 5.75 Å². The Balaban J connectivity index is 2.14. The van der Waals surface area contributed by atoms with Crippen LogP contribution < -0.4 is 19.5 Å². The van der Waals surface area contributed by atoms with Crippen LogP contribution in [0.15, 0.2) is 42.5 Å². The molecule has 0 heterocycles. The van der Waals surface area contributed by atoms with E-state index < -0.39 is 5.41 Å². The number of ether oxygens (including phenoxy) is 3. The fraction of sp³-hybridized carbons (Fsp3) is 0.350. The average Bonchev–Trinajstić information content (AvgIpc) is 2.65. The van der Waals surface area contributed by atoms with E-state index in [0.717, 1.165) is 11.1 Å². The smallest absolute Gasteiger partial charge is 0.230 e. The first-order valence-corrected chi connectivity index (χ1v) is 8.06. The summed E-state index contributed by atoms with van der Waals surface area (Å²) in [6, 6.07) is 13.1. The van der Waals surface area contributed by atoms with Crippen LogP contribution in [0.3, 0.4) is 0 Å². The molecular formula is C20H25NO4. The molecule has 0 atom stereocenters. The molecule has 2 aromatic rings. The predicted octanol–water partition coefficient (Wildman–Crippen LogP) is 3.31. The van der Waals surface area contributed by atoms with E-state index in [1.54, 1.807) is 21.3 Å². The lowest BCUT2D eigenvalue weighted by atomic mass is 9.83. The van der Waals surface area contributed by atoms with Crippen molar-refractivity contribution in [3.8, 4) is 17.2 Å². The molecule has 134 valence electrons. The molecule has 0 saturated carbocycles. The molecule has 5 nitrogen and oxygen atoms in total. The minimum atomic E-state index is -0.719. The zero-order valence-corrected chi connectivity index (χ0v) is 15.4. The van der Waals surface area contributed by atoms with Gasteiger partial charge in [-0.15, -0.1) is 0 Å². The number of amides is 1. The van der Waals surface area contributed by atoms with Gasteiger partial charge in [-0.05, 0) is 37.6 Å². The first-order valence-electron chi connectivity index (χ1n) is 8.06. The van der Waals surface area contributed by atoms with Crippen molar-refractivity contribution in [2.45, 2.75) is 25.8 Å². The molecule has 0 aliphatic carbocycles. The Morgan fingerprint density at radius 2 is 1.56 bits per heavy atom. The van der Waals surface area contributed by atoms with E-state index in [4.69, 9.17) is 14.2 Å². The normalized spacial score (nSPS) is 10.9. The first kappa shape index (κ1) is 18.6. The molecule has 5 heteroatoms. The van der Waals surface area contributed by atoms with Crippen LogP contribution in [0.4, 0.5) is 0 Å². The van der Waals surface area contributed by atoms with Gasteiger partial charge in [0.05, 0.1) is 26.7 Å². The van der Waals surface area contributed by atoms with Crippen molar-refractivity contribution in [3.05, 3.63) is 53.6 Å². The first-order chi connectivity index (χ1) is 11.9. The van der Waals surface area contributed by atoms with Gasteiger partial charge in [-0.1, -0.05) is 24.3 Å². The third kappa shape index (κ3) is 4.05. The number of rotatable bonds is 7. The van der Waals surface area contributed by atoms with E-state index >= 15 is 0 Å². The quantitative estimate of drug-likeness (QED) is 0.838. The third-order valence-electron chi connectivity index (χ3n) is 4.25. The highest BCUT2D eigenvalue weighted by Gasteiger charge is 2.32. The van der Waals surface area contributed by atoms with Gasteiger partial charge in [0.2, 0.25) is 5.91 Å². The third-order valence-corrected chi connectivity index (χ3v) is 4.25. The number of benzene rings is 2. The highest BCUT2D eigenvalue weighted by Crippen LogP contribution is 2.32. The molecule has 0 aliphatic heterocycles. The van der Waals surface area contributed by atoms with E-state index in [-0.39, 0.29) is 5.91 Å². The van der Waals surface area contributed by atoms with Crippen molar-refractivity contribution in [2.75, 3.05) is 21.3 Å². The van der Waals surface area contributed by atoms with E-state index in [2.05, 4.69) is 5.32 Å². The molecular weight excluding hydrogens is 318 g/mol. The molecule has 0 aliphatic rings. The zero-order chi connectivity index (χ0) is 18.4. The second-order valence-electron chi connectivity index (χ2n) is 6.20. The molecule has 0 spiro atoms. The topological polar surface area (TPSA) is 56.8 Å². The largest absolute Gasteiger partial charge is 0.496 e. The Morgan fingerprint density at radius 1 is 0.920 bits per heavy atom. The summed E-state index contributed by atoms with van der Waals surface area (Å²) in [6.07, 6.45) is 0. The second kappa shape index (κ2) is 7.92. The molecule has 1 amide bonds. The molecule has 2 aromatic carbocycles. The summed E-state index contributed by atoms with van der Waals surface area (Å²) in [6.45, 7) is 4.17. The molecule has 0 saturated heterocycles. The molecule has 0 fully saturated rings. The van der Waals surface area contributed by atoms with Crippen molar-refractivity contribution in [1.29, 1.82) is 0 Å². The number of nitrogens with one attached hydrogen (secondary N) is 1. The number of hydrogen-bond donors (Lipinski definition) is 1. The van der Waals surface area contributed by atoms with E-state index in [9.17, 15) is 4.79 Å². The Morgan fingerprint density at radius 3 is 2.20 bits per heavy atom. The Labute approximate surface area is 148 Å². The monoisotopic (exact) mass is 343 g/mol. The number of para-hydroxylation sites is 1. The Bertz CT molecular complexity index is 740. The molecule has 1 N–H and O–H groups in total.